The number of hydrogen-bond acceptors (Lipinski definition) is 5. The van der Waals surface area contributed by atoms with E-state index < -0.39 is 10.0 Å². The fourth-order valence-corrected chi connectivity index (χ4v) is 6.41. The molecule has 0 radical (unpaired) electrons. The molecule has 0 saturated carbocycles. The minimum atomic E-state index is -4.00. The van der Waals surface area contributed by atoms with Gasteiger partial charge < -0.3 is 10.1 Å². The van der Waals surface area contributed by atoms with Crippen molar-refractivity contribution in [1.82, 2.24) is 5.32 Å². The van der Waals surface area contributed by atoms with Gasteiger partial charge in [0.05, 0.1) is 29.8 Å². The largest absolute Gasteiger partial charge is 0.497 e. The number of carbonyl (C=O) groups excluding carboxylic acids is 1. The van der Waals surface area contributed by atoms with Crippen molar-refractivity contribution < 1.29 is 17.9 Å². The number of anilines is 1. The Bertz CT molecular complexity index is 1490. The van der Waals surface area contributed by atoms with Gasteiger partial charge >= 0.3 is 0 Å². The first-order valence-corrected chi connectivity index (χ1v) is 15.2. The van der Waals surface area contributed by atoms with Crippen molar-refractivity contribution in [1.29, 1.82) is 0 Å². The van der Waals surface area contributed by atoms with Crippen LogP contribution in [-0.2, 0) is 22.3 Å². The molecule has 6 nitrogen and oxygen atoms in total. The summed E-state index contributed by atoms with van der Waals surface area (Å²) in [5, 5.41) is 2.96. The fourth-order valence-electron chi connectivity index (χ4n) is 4.13. The number of amides is 1. The van der Waals surface area contributed by atoms with E-state index in [-0.39, 0.29) is 17.3 Å². The van der Waals surface area contributed by atoms with Crippen molar-refractivity contribution >= 4 is 33.4 Å². The van der Waals surface area contributed by atoms with Crippen LogP contribution < -0.4 is 14.4 Å². The second-order valence-electron chi connectivity index (χ2n) is 8.99. The highest BCUT2D eigenvalue weighted by atomic mass is 32.2. The number of nitrogens with zero attached hydrogens (tertiary/aromatic N) is 1. The molecule has 1 N–H and O–H groups in total. The van der Waals surface area contributed by atoms with E-state index in [1.54, 1.807) is 48.2 Å². The van der Waals surface area contributed by atoms with Crippen LogP contribution in [0.15, 0.2) is 108 Å². The van der Waals surface area contributed by atoms with Crippen molar-refractivity contribution in [2.75, 3.05) is 23.7 Å². The molecule has 4 aromatic rings. The first kappa shape index (κ1) is 28.3. The van der Waals surface area contributed by atoms with Crippen LogP contribution >= 0.6 is 11.8 Å². The Labute approximate surface area is 235 Å². The van der Waals surface area contributed by atoms with Gasteiger partial charge in [0.15, 0.2) is 0 Å². The molecule has 0 bridgehead atoms. The third kappa shape index (κ3) is 7.43. The number of methoxy groups -OCH3 is 1. The van der Waals surface area contributed by atoms with Gasteiger partial charge in [0, 0.05) is 18.1 Å². The number of para-hydroxylation sites is 1. The molecule has 0 aliphatic rings. The summed E-state index contributed by atoms with van der Waals surface area (Å²) in [4.78, 5) is 13.4. The molecular formula is C31H32N2O4S2. The number of hydrogen-bond donors (Lipinski definition) is 1. The molecule has 202 valence electrons. The maximum Gasteiger partial charge on any atom is 0.264 e. The maximum atomic E-state index is 13.9. The van der Waals surface area contributed by atoms with E-state index in [1.807, 2.05) is 36.4 Å². The number of benzene rings is 4. The Kier molecular flexibility index (Phi) is 9.68. The lowest BCUT2D eigenvalue weighted by molar-refractivity contribution is 0.0957. The van der Waals surface area contributed by atoms with E-state index in [0.29, 0.717) is 23.5 Å². The van der Waals surface area contributed by atoms with Crippen molar-refractivity contribution in [2.45, 2.75) is 24.1 Å². The van der Waals surface area contributed by atoms with Crippen LogP contribution in [0.5, 0.6) is 5.75 Å². The Morgan fingerprint density at radius 3 is 2.28 bits per heavy atom. The molecule has 8 heteroatoms. The second-order valence-corrected chi connectivity index (χ2v) is 12.0. The average Bonchev–Trinajstić information content (AvgIpc) is 2.96. The van der Waals surface area contributed by atoms with Gasteiger partial charge in [0.2, 0.25) is 0 Å². The van der Waals surface area contributed by atoms with E-state index in [4.69, 9.17) is 4.74 Å². The lowest BCUT2D eigenvalue weighted by Crippen LogP contribution is -2.34. The van der Waals surface area contributed by atoms with Gasteiger partial charge in [-0.3, -0.25) is 9.10 Å². The number of carbonyl (C=O) groups is 1. The second kappa shape index (κ2) is 13.4. The highest BCUT2D eigenvalue weighted by Crippen LogP contribution is 2.30. The molecule has 39 heavy (non-hydrogen) atoms. The standard InChI is InChI=1S/C31H32N2O4S2/c1-24-9-8-12-26(21-24)23-38-20-19-32-31(34)29-13-6-7-14-30(29)33(22-25-10-4-3-5-11-25)39(35,36)28-17-15-27(37-2)16-18-28/h3-18,21H,19-20,22-23H2,1-2H3,(H,32,34). The molecule has 1 amide bonds. The summed E-state index contributed by atoms with van der Waals surface area (Å²) < 4.78 is 34.3. The van der Waals surface area contributed by atoms with Gasteiger partial charge in [0.25, 0.3) is 15.9 Å². The third-order valence-corrected chi connectivity index (χ3v) is 8.92. The maximum absolute atomic E-state index is 13.9. The number of aryl methyl sites for hydroxylation is 1. The average molecular weight is 561 g/mol. The monoisotopic (exact) mass is 560 g/mol. The van der Waals surface area contributed by atoms with Crippen LogP contribution in [0, 0.1) is 6.92 Å². The van der Waals surface area contributed by atoms with Gasteiger partial charge in [-0.2, -0.15) is 11.8 Å². The number of rotatable bonds is 12. The molecule has 0 aliphatic heterocycles. The summed E-state index contributed by atoms with van der Waals surface area (Å²) in [6, 6.07) is 30.8. The minimum Gasteiger partial charge on any atom is -0.497 e. The highest BCUT2D eigenvalue weighted by Gasteiger charge is 2.28. The Morgan fingerprint density at radius 1 is 0.872 bits per heavy atom. The number of nitrogens with one attached hydrogen (secondary N) is 1. The van der Waals surface area contributed by atoms with E-state index in [1.165, 1.54) is 34.7 Å². The molecule has 4 rings (SSSR count). The topological polar surface area (TPSA) is 75.7 Å². The minimum absolute atomic E-state index is 0.0752. The normalized spacial score (nSPS) is 11.1. The molecule has 0 fully saturated rings. The van der Waals surface area contributed by atoms with Gasteiger partial charge in [-0.25, -0.2) is 8.42 Å². The van der Waals surface area contributed by atoms with Gasteiger partial charge in [-0.15, -0.1) is 0 Å². The summed E-state index contributed by atoms with van der Waals surface area (Å²) in [6.07, 6.45) is 0. The number of ether oxygens (including phenoxy) is 1. The molecule has 0 spiro atoms. The summed E-state index contributed by atoms with van der Waals surface area (Å²) in [5.74, 6) is 1.84. The third-order valence-electron chi connectivity index (χ3n) is 6.12. The predicted molar refractivity (Wildman–Crippen MR) is 159 cm³/mol. The van der Waals surface area contributed by atoms with E-state index >= 15 is 0 Å². The molecule has 0 unspecified atom stereocenters. The van der Waals surface area contributed by atoms with Crippen molar-refractivity contribution in [3.05, 3.63) is 125 Å². The summed E-state index contributed by atoms with van der Waals surface area (Å²) in [6.45, 7) is 2.61. The molecular weight excluding hydrogens is 528 g/mol. The molecule has 0 aromatic heterocycles. The van der Waals surface area contributed by atoms with Crippen LogP contribution in [-0.4, -0.2) is 33.7 Å². The molecule has 4 aromatic carbocycles. The van der Waals surface area contributed by atoms with E-state index in [0.717, 1.165) is 17.1 Å². The Hall–Kier alpha value is -3.75. The quantitative estimate of drug-likeness (QED) is 0.213. The smallest absolute Gasteiger partial charge is 0.264 e. The lowest BCUT2D eigenvalue weighted by atomic mass is 10.1. The summed E-state index contributed by atoms with van der Waals surface area (Å²) in [7, 11) is -2.47. The summed E-state index contributed by atoms with van der Waals surface area (Å²) >= 11 is 1.74. The van der Waals surface area contributed by atoms with Crippen molar-refractivity contribution in [3.63, 3.8) is 0 Å². The molecule has 0 saturated heterocycles. The van der Waals surface area contributed by atoms with Crippen LogP contribution in [0.1, 0.15) is 27.0 Å². The van der Waals surface area contributed by atoms with Crippen molar-refractivity contribution in [2.24, 2.45) is 0 Å². The van der Waals surface area contributed by atoms with Gasteiger partial charge in [0.1, 0.15) is 5.75 Å². The zero-order valence-corrected chi connectivity index (χ0v) is 23.7. The highest BCUT2D eigenvalue weighted by molar-refractivity contribution is 7.98. The molecule has 0 atom stereocenters. The Morgan fingerprint density at radius 2 is 1.56 bits per heavy atom. The molecule has 0 heterocycles. The van der Waals surface area contributed by atoms with Gasteiger partial charge in [-0.1, -0.05) is 72.3 Å². The zero-order chi connectivity index (χ0) is 27.7. The van der Waals surface area contributed by atoms with Crippen LogP contribution in [0.2, 0.25) is 0 Å². The zero-order valence-electron chi connectivity index (χ0n) is 22.0. The first-order chi connectivity index (χ1) is 18.9. The Balaban J connectivity index is 1.54. The van der Waals surface area contributed by atoms with E-state index in [2.05, 4.69) is 30.4 Å². The van der Waals surface area contributed by atoms with Crippen LogP contribution in [0.25, 0.3) is 0 Å². The first-order valence-electron chi connectivity index (χ1n) is 12.6. The van der Waals surface area contributed by atoms with Crippen molar-refractivity contribution in [3.8, 4) is 5.75 Å². The van der Waals surface area contributed by atoms with Gasteiger partial charge in [-0.05, 0) is 54.4 Å². The number of thioether (sulfide) groups is 1. The van der Waals surface area contributed by atoms with E-state index in [9.17, 15) is 13.2 Å². The summed E-state index contributed by atoms with van der Waals surface area (Å²) in [5.41, 5.74) is 3.90. The number of sulfonamides is 1. The predicted octanol–water partition coefficient (Wildman–Crippen LogP) is 6.06. The SMILES string of the molecule is COc1ccc(S(=O)(=O)N(Cc2ccccc2)c2ccccc2C(=O)NCCSCc2cccc(C)c2)cc1. The molecule has 0 aliphatic carbocycles. The fraction of sp³-hybridized carbons (Fsp3) is 0.194. The van der Waals surface area contributed by atoms with Crippen LogP contribution in [0.3, 0.4) is 0 Å². The van der Waals surface area contributed by atoms with Crippen LogP contribution in [0.4, 0.5) is 5.69 Å². The lowest BCUT2D eigenvalue weighted by Gasteiger charge is -2.26.